The van der Waals surface area contributed by atoms with Gasteiger partial charge in [0.05, 0.1) is 0 Å². The Labute approximate surface area is 86.8 Å². The highest BCUT2D eigenvalue weighted by atomic mass is 28.4. The van der Waals surface area contributed by atoms with Gasteiger partial charge in [-0.2, -0.15) is 0 Å². The minimum absolute atomic E-state index is 0.518. The predicted molar refractivity (Wildman–Crippen MR) is 58.1 cm³/mol. The molecule has 1 unspecified atom stereocenters. The summed E-state index contributed by atoms with van der Waals surface area (Å²) >= 11 is 0. The molecular formula is C8H22N2O3Si. The maximum atomic E-state index is 9.48. The van der Waals surface area contributed by atoms with Crippen molar-refractivity contribution in [1.29, 1.82) is 0 Å². The molecule has 1 atom stereocenters. The average molecular weight is 222 g/mol. The van der Waals surface area contributed by atoms with Crippen LogP contribution in [0.4, 0.5) is 0 Å². The van der Waals surface area contributed by atoms with Crippen LogP contribution in [0.15, 0.2) is 0 Å². The van der Waals surface area contributed by atoms with Crippen molar-refractivity contribution in [3.8, 4) is 0 Å². The lowest BCUT2D eigenvalue weighted by atomic mass is 10.4. The van der Waals surface area contributed by atoms with Crippen LogP contribution in [-0.2, 0) is 8.85 Å². The Bertz CT molecular complexity index is 145. The molecule has 0 rings (SSSR count). The number of aliphatic hydroxyl groups is 1. The number of aliphatic hydroxyl groups excluding tert-OH is 1. The second kappa shape index (κ2) is 7.33. The first-order valence-corrected chi connectivity index (χ1v) is 7.32. The lowest BCUT2D eigenvalue weighted by molar-refractivity contribution is 0.129. The Kier molecular flexibility index (Phi) is 7.34. The first-order chi connectivity index (χ1) is 6.58. The predicted octanol–water partition coefficient (Wildman–Crippen LogP) is -0.392. The molecule has 0 saturated heterocycles. The Balaban J connectivity index is 3.68. The normalized spacial score (nSPS) is 14.4. The van der Waals surface area contributed by atoms with E-state index >= 15 is 0 Å². The van der Waals surface area contributed by atoms with Gasteiger partial charge in [-0.3, -0.25) is 5.32 Å². The Morgan fingerprint density at radius 2 is 2.00 bits per heavy atom. The van der Waals surface area contributed by atoms with E-state index in [0.29, 0.717) is 19.5 Å². The van der Waals surface area contributed by atoms with E-state index in [4.69, 9.17) is 14.6 Å². The molecule has 0 aliphatic heterocycles. The molecule has 0 heterocycles. The summed E-state index contributed by atoms with van der Waals surface area (Å²) < 4.78 is 10.6. The van der Waals surface area contributed by atoms with Crippen molar-refractivity contribution >= 4 is 8.56 Å². The molecule has 0 spiro atoms. The summed E-state index contributed by atoms with van der Waals surface area (Å²) in [7, 11) is 1.27. The maximum Gasteiger partial charge on any atom is 0.334 e. The Morgan fingerprint density at radius 1 is 1.43 bits per heavy atom. The third-order valence-electron chi connectivity index (χ3n) is 2.26. The molecule has 0 aromatic heterocycles. The molecule has 0 aliphatic carbocycles. The second-order valence-electron chi connectivity index (χ2n) is 3.34. The van der Waals surface area contributed by atoms with Crippen LogP contribution in [0.25, 0.3) is 0 Å². The topological polar surface area (TPSA) is 76.7 Å². The summed E-state index contributed by atoms with van der Waals surface area (Å²) in [6.07, 6.45) is 0.111. The monoisotopic (exact) mass is 222 g/mol. The van der Waals surface area contributed by atoms with Crippen LogP contribution in [0.1, 0.15) is 6.42 Å². The van der Waals surface area contributed by atoms with Gasteiger partial charge in [0, 0.05) is 27.3 Å². The van der Waals surface area contributed by atoms with Crippen molar-refractivity contribution in [1.82, 2.24) is 5.32 Å². The van der Waals surface area contributed by atoms with E-state index < -0.39 is 14.8 Å². The maximum absolute atomic E-state index is 9.48. The van der Waals surface area contributed by atoms with Gasteiger partial charge in [0.1, 0.15) is 6.23 Å². The molecule has 86 valence electrons. The standard InChI is InChI=1S/C8H22N2O3Si/c1-12-14(3,13-2)7-4-8(11)10-6-5-9/h8,10-11H,4-7,9H2,1-3H3. The van der Waals surface area contributed by atoms with Crippen LogP contribution in [0, 0.1) is 0 Å². The summed E-state index contributed by atoms with van der Waals surface area (Å²) in [5.74, 6) is 0. The van der Waals surface area contributed by atoms with Crippen molar-refractivity contribution in [3.05, 3.63) is 0 Å². The third kappa shape index (κ3) is 5.69. The van der Waals surface area contributed by atoms with Gasteiger partial charge >= 0.3 is 8.56 Å². The van der Waals surface area contributed by atoms with E-state index in [9.17, 15) is 5.11 Å². The van der Waals surface area contributed by atoms with Gasteiger partial charge in [-0.25, -0.2) is 0 Å². The van der Waals surface area contributed by atoms with E-state index in [1.54, 1.807) is 14.2 Å². The average Bonchev–Trinajstić information content (AvgIpc) is 2.23. The molecule has 4 N–H and O–H groups in total. The van der Waals surface area contributed by atoms with Crippen molar-refractivity contribution in [2.24, 2.45) is 5.73 Å². The fourth-order valence-corrected chi connectivity index (χ4v) is 2.41. The highest BCUT2D eigenvalue weighted by Crippen LogP contribution is 2.14. The number of hydrogen-bond acceptors (Lipinski definition) is 5. The Hall–Kier alpha value is 0.0169. The molecule has 0 aromatic rings. The van der Waals surface area contributed by atoms with Crippen molar-refractivity contribution < 1.29 is 14.0 Å². The molecule has 0 radical (unpaired) electrons. The van der Waals surface area contributed by atoms with Gasteiger partial charge in [-0.15, -0.1) is 0 Å². The number of rotatable bonds is 8. The summed E-state index contributed by atoms with van der Waals surface area (Å²) in [4.78, 5) is 0. The van der Waals surface area contributed by atoms with Gasteiger partial charge in [-0.1, -0.05) is 0 Å². The zero-order valence-corrected chi connectivity index (χ0v) is 10.2. The SMILES string of the molecule is CO[Si](C)(CCC(O)NCCN)OC. The second-order valence-corrected chi connectivity index (χ2v) is 6.92. The molecule has 0 fully saturated rings. The van der Waals surface area contributed by atoms with Gasteiger partial charge < -0.3 is 19.7 Å². The van der Waals surface area contributed by atoms with Crippen LogP contribution in [0.3, 0.4) is 0 Å². The van der Waals surface area contributed by atoms with Gasteiger partial charge in [0.25, 0.3) is 0 Å². The molecule has 6 heteroatoms. The van der Waals surface area contributed by atoms with Crippen LogP contribution in [0.5, 0.6) is 0 Å². The molecular weight excluding hydrogens is 200 g/mol. The first kappa shape index (κ1) is 14.0. The quantitative estimate of drug-likeness (QED) is 0.385. The van der Waals surface area contributed by atoms with E-state index in [1.807, 2.05) is 6.55 Å². The van der Waals surface area contributed by atoms with E-state index in [1.165, 1.54) is 0 Å². The molecule has 0 bridgehead atoms. The van der Waals surface area contributed by atoms with Crippen molar-refractivity contribution in [2.45, 2.75) is 25.2 Å². The summed E-state index contributed by atoms with van der Waals surface area (Å²) in [5.41, 5.74) is 5.30. The largest absolute Gasteiger partial charge is 0.398 e. The summed E-state index contributed by atoms with van der Waals surface area (Å²) in [6, 6.07) is 0.763. The van der Waals surface area contributed by atoms with Gasteiger partial charge in [-0.05, 0) is 19.0 Å². The summed E-state index contributed by atoms with van der Waals surface area (Å²) in [6.45, 7) is 3.13. The molecule has 14 heavy (non-hydrogen) atoms. The van der Waals surface area contributed by atoms with Crippen LogP contribution in [-0.4, -0.2) is 47.2 Å². The van der Waals surface area contributed by atoms with Crippen LogP contribution < -0.4 is 11.1 Å². The minimum atomic E-state index is -2.03. The zero-order valence-electron chi connectivity index (χ0n) is 9.25. The smallest absolute Gasteiger partial charge is 0.334 e. The highest BCUT2D eigenvalue weighted by Gasteiger charge is 2.28. The minimum Gasteiger partial charge on any atom is -0.398 e. The third-order valence-corrected chi connectivity index (χ3v) is 5.18. The molecule has 0 amide bonds. The molecule has 0 aromatic carbocycles. The van der Waals surface area contributed by atoms with Crippen molar-refractivity contribution in [2.75, 3.05) is 27.3 Å². The van der Waals surface area contributed by atoms with Gasteiger partial charge in [0.2, 0.25) is 0 Å². The first-order valence-electron chi connectivity index (χ1n) is 4.80. The fraction of sp³-hybridized carbons (Fsp3) is 1.00. The highest BCUT2D eigenvalue weighted by molar-refractivity contribution is 6.65. The molecule has 0 aliphatic rings. The van der Waals surface area contributed by atoms with E-state index in [-0.39, 0.29) is 0 Å². The van der Waals surface area contributed by atoms with E-state index in [0.717, 1.165) is 6.04 Å². The van der Waals surface area contributed by atoms with E-state index in [2.05, 4.69) is 5.32 Å². The number of hydrogen-bond donors (Lipinski definition) is 3. The molecule has 5 nitrogen and oxygen atoms in total. The zero-order chi connectivity index (χ0) is 11.0. The summed E-state index contributed by atoms with van der Waals surface area (Å²) in [5, 5.41) is 12.4. The van der Waals surface area contributed by atoms with Crippen molar-refractivity contribution in [3.63, 3.8) is 0 Å². The molecule has 0 saturated carbocycles. The van der Waals surface area contributed by atoms with Gasteiger partial charge in [0.15, 0.2) is 0 Å². The van der Waals surface area contributed by atoms with Crippen LogP contribution in [0.2, 0.25) is 12.6 Å². The lowest BCUT2D eigenvalue weighted by Gasteiger charge is -2.24. The van der Waals surface area contributed by atoms with Crippen LogP contribution >= 0.6 is 0 Å². The Morgan fingerprint density at radius 3 is 2.43 bits per heavy atom. The number of nitrogens with two attached hydrogens (primary N) is 1. The fourth-order valence-electron chi connectivity index (χ4n) is 1.04. The lowest BCUT2D eigenvalue weighted by Crippen LogP contribution is -2.40. The number of nitrogens with one attached hydrogen (secondary N) is 1.